The third-order valence-corrected chi connectivity index (χ3v) is 5.95. The van der Waals surface area contributed by atoms with Crippen molar-refractivity contribution in [2.75, 3.05) is 25.0 Å². The number of carboxylic acids is 1. The van der Waals surface area contributed by atoms with Crippen molar-refractivity contribution < 1.29 is 32.7 Å². The Labute approximate surface area is 213 Å². The van der Waals surface area contributed by atoms with Gasteiger partial charge >= 0.3 is 12.1 Å². The Morgan fingerprint density at radius 2 is 1.68 bits per heavy atom. The molecule has 0 aromatic heterocycles. The van der Waals surface area contributed by atoms with Gasteiger partial charge in [0.15, 0.2) is 0 Å². The second kappa shape index (κ2) is 14.3. The molecule has 1 atom stereocenters. The molecule has 1 unspecified atom stereocenters. The number of fused-ring (bicyclic) bond motifs is 1. The summed E-state index contributed by atoms with van der Waals surface area (Å²) in [5.41, 5.74) is 15.9. The fourth-order valence-electron chi connectivity index (χ4n) is 4.08. The molecule has 2 amide bonds. The second-order valence-corrected chi connectivity index (χ2v) is 8.60. The summed E-state index contributed by atoms with van der Waals surface area (Å²) in [5, 5.41) is 10.1. The number of carboxylic acid groups (broad SMARTS) is 1. The number of hydrogen-bond donors (Lipinski definition) is 4. The van der Waals surface area contributed by atoms with Gasteiger partial charge in [-0.05, 0) is 73.9 Å². The molecule has 1 aliphatic carbocycles. The number of nitrogens with one attached hydrogen (secondary N) is 1. The van der Waals surface area contributed by atoms with E-state index in [-0.39, 0.29) is 18.4 Å². The molecule has 37 heavy (non-hydrogen) atoms. The molecule has 1 aliphatic rings. The Kier molecular flexibility index (Phi) is 11.5. The lowest BCUT2D eigenvalue weighted by atomic mass is 10.1. The number of rotatable bonds is 10. The molecule has 11 heteroatoms. The highest BCUT2D eigenvalue weighted by atomic mass is 19.4. The molecule has 0 spiro atoms. The molecular weight excluding hydrogens is 489 g/mol. The molecule has 202 valence electrons. The minimum atomic E-state index is -5.08. The van der Waals surface area contributed by atoms with Gasteiger partial charge in [-0.1, -0.05) is 36.4 Å². The molecule has 6 N–H and O–H groups in total. The van der Waals surface area contributed by atoms with E-state index in [4.69, 9.17) is 21.4 Å². The molecule has 0 radical (unpaired) electrons. The van der Waals surface area contributed by atoms with Crippen molar-refractivity contribution in [2.45, 2.75) is 50.7 Å². The fourth-order valence-corrected chi connectivity index (χ4v) is 4.08. The normalized spacial score (nSPS) is 13.1. The van der Waals surface area contributed by atoms with Crippen molar-refractivity contribution in [3.63, 3.8) is 0 Å². The van der Waals surface area contributed by atoms with Crippen LogP contribution in [0.1, 0.15) is 36.0 Å². The van der Waals surface area contributed by atoms with Gasteiger partial charge < -0.3 is 26.8 Å². The number of nitrogens with zero attached hydrogens (tertiary/aromatic N) is 1. The largest absolute Gasteiger partial charge is 0.490 e. The van der Waals surface area contributed by atoms with Crippen LogP contribution in [0.2, 0.25) is 0 Å². The van der Waals surface area contributed by atoms with E-state index in [2.05, 4.69) is 17.4 Å². The molecule has 0 saturated carbocycles. The number of aryl methyl sites for hydroxylation is 2. The molecule has 0 bridgehead atoms. The quantitative estimate of drug-likeness (QED) is 0.379. The number of nitrogens with two attached hydrogens (primary N) is 2. The zero-order chi connectivity index (χ0) is 27.4. The van der Waals surface area contributed by atoms with Gasteiger partial charge in [-0.25, -0.2) is 4.79 Å². The maximum atomic E-state index is 13.2. The number of aliphatic carboxylic acids is 1. The van der Waals surface area contributed by atoms with Gasteiger partial charge in [0.1, 0.15) is 6.04 Å². The molecule has 2 aromatic rings. The Morgan fingerprint density at radius 1 is 1.03 bits per heavy atom. The van der Waals surface area contributed by atoms with E-state index in [1.54, 1.807) is 4.90 Å². The number of hydrogen-bond acceptors (Lipinski definition) is 5. The SMILES string of the molecule is NCCCC(C(=O)Nc1ccc2c(c1)CCC2)N(CCc1ccccc1)C(=O)CN.O=C(O)C(F)(F)F. The molecule has 0 aliphatic heterocycles. The Hall–Kier alpha value is -3.44. The topological polar surface area (TPSA) is 139 Å². The summed E-state index contributed by atoms with van der Waals surface area (Å²) in [6.45, 7) is 0.777. The predicted octanol–water partition coefficient (Wildman–Crippen LogP) is 2.88. The lowest BCUT2D eigenvalue weighted by Crippen LogP contribution is -2.50. The Balaban J connectivity index is 0.000000604. The first-order chi connectivity index (χ1) is 17.6. The summed E-state index contributed by atoms with van der Waals surface area (Å²) in [6.07, 6.45) is 0.0448. The molecular formula is C26H33F3N4O4. The molecule has 0 saturated heterocycles. The molecule has 8 nitrogen and oxygen atoms in total. The highest BCUT2D eigenvalue weighted by molar-refractivity contribution is 5.97. The molecule has 3 rings (SSSR count). The number of carbonyl (C=O) groups excluding carboxylic acids is 2. The summed E-state index contributed by atoms with van der Waals surface area (Å²) in [7, 11) is 0. The highest BCUT2D eigenvalue weighted by Crippen LogP contribution is 2.25. The van der Waals surface area contributed by atoms with Crippen LogP contribution in [-0.2, 0) is 33.6 Å². The van der Waals surface area contributed by atoms with Gasteiger partial charge in [-0.3, -0.25) is 9.59 Å². The Bertz CT molecular complexity index is 1050. The first kappa shape index (κ1) is 29.8. The van der Waals surface area contributed by atoms with E-state index in [1.165, 1.54) is 11.1 Å². The fraction of sp³-hybridized carbons (Fsp3) is 0.423. The lowest BCUT2D eigenvalue weighted by Gasteiger charge is -2.31. The highest BCUT2D eigenvalue weighted by Gasteiger charge is 2.38. The maximum absolute atomic E-state index is 13.2. The predicted molar refractivity (Wildman–Crippen MR) is 134 cm³/mol. The maximum Gasteiger partial charge on any atom is 0.490 e. The van der Waals surface area contributed by atoms with Crippen LogP contribution in [0.25, 0.3) is 0 Å². The zero-order valence-electron chi connectivity index (χ0n) is 20.5. The van der Waals surface area contributed by atoms with Crippen LogP contribution >= 0.6 is 0 Å². The van der Waals surface area contributed by atoms with Gasteiger partial charge in [-0.15, -0.1) is 0 Å². The van der Waals surface area contributed by atoms with Crippen LogP contribution in [0, 0.1) is 0 Å². The number of benzene rings is 2. The number of carbonyl (C=O) groups is 3. The van der Waals surface area contributed by atoms with Crippen molar-refractivity contribution in [3.8, 4) is 0 Å². The van der Waals surface area contributed by atoms with E-state index in [0.717, 1.165) is 30.5 Å². The van der Waals surface area contributed by atoms with E-state index >= 15 is 0 Å². The molecule has 0 heterocycles. The van der Waals surface area contributed by atoms with Gasteiger partial charge in [-0.2, -0.15) is 13.2 Å². The number of halogens is 3. The van der Waals surface area contributed by atoms with Gasteiger partial charge in [0, 0.05) is 12.2 Å². The van der Waals surface area contributed by atoms with Crippen molar-refractivity contribution in [1.82, 2.24) is 4.90 Å². The Morgan fingerprint density at radius 3 is 2.27 bits per heavy atom. The van der Waals surface area contributed by atoms with E-state index in [0.29, 0.717) is 32.4 Å². The summed E-state index contributed by atoms with van der Waals surface area (Å²) in [6, 6.07) is 15.4. The monoisotopic (exact) mass is 522 g/mol. The minimum absolute atomic E-state index is 0.125. The van der Waals surface area contributed by atoms with E-state index < -0.39 is 18.2 Å². The van der Waals surface area contributed by atoms with Crippen LogP contribution < -0.4 is 16.8 Å². The number of amides is 2. The van der Waals surface area contributed by atoms with Crippen LogP contribution in [0.4, 0.5) is 18.9 Å². The van der Waals surface area contributed by atoms with Crippen LogP contribution in [0.15, 0.2) is 48.5 Å². The standard InChI is InChI=1S/C24H32N4O2.C2HF3O2/c25-14-5-10-22(24(30)27-21-12-11-19-8-4-9-20(19)16-21)28(23(29)17-26)15-13-18-6-2-1-3-7-18;3-2(4,5)1(6)7/h1-3,6-7,11-12,16,22H,4-5,8-10,13-15,17,25-26H2,(H,27,30);(H,6,7). The van der Waals surface area contributed by atoms with Crippen molar-refractivity contribution in [2.24, 2.45) is 11.5 Å². The lowest BCUT2D eigenvalue weighted by molar-refractivity contribution is -0.192. The summed E-state index contributed by atoms with van der Waals surface area (Å²) in [5.74, 6) is -3.17. The number of anilines is 1. The van der Waals surface area contributed by atoms with Crippen LogP contribution in [-0.4, -0.2) is 59.6 Å². The summed E-state index contributed by atoms with van der Waals surface area (Å²) >= 11 is 0. The van der Waals surface area contributed by atoms with Crippen LogP contribution in [0.5, 0.6) is 0 Å². The third kappa shape index (κ3) is 9.51. The minimum Gasteiger partial charge on any atom is -0.475 e. The summed E-state index contributed by atoms with van der Waals surface area (Å²) in [4.78, 5) is 36.4. The average molecular weight is 523 g/mol. The summed E-state index contributed by atoms with van der Waals surface area (Å²) < 4.78 is 31.7. The van der Waals surface area contributed by atoms with E-state index in [9.17, 15) is 22.8 Å². The van der Waals surface area contributed by atoms with E-state index in [1.807, 2.05) is 36.4 Å². The molecule has 0 fully saturated rings. The first-order valence-corrected chi connectivity index (χ1v) is 12.0. The average Bonchev–Trinajstić information content (AvgIpc) is 3.34. The second-order valence-electron chi connectivity index (χ2n) is 8.60. The van der Waals surface area contributed by atoms with Crippen molar-refractivity contribution >= 4 is 23.5 Å². The molecule has 2 aromatic carbocycles. The first-order valence-electron chi connectivity index (χ1n) is 12.0. The smallest absolute Gasteiger partial charge is 0.475 e. The van der Waals surface area contributed by atoms with Crippen molar-refractivity contribution in [1.29, 1.82) is 0 Å². The van der Waals surface area contributed by atoms with Gasteiger partial charge in [0.2, 0.25) is 11.8 Å². The van der Waals surface area contributed by atoms with Crippen molar-refractivity contribution in [3.05, 3.63) is 65.2 Å². The third-order valence-electron chi connectivity index (χ3n) is 5.95. The number of alkyl halides is 3. The van der Waals surface area contributed by atoms with Gasteiger partial charge in [0.25, 0.3) is 0 Å². The van der Waals surface area contributed by atoms with Gasteiger partial charge in [0.05, 0.1) is 6.54 Å². The van der Waals surface area contributed by atoms with Crippen LogP contribution in [0.3, 0.4) is 0 Å². The zero-order valence-corrected chi connectivity index (χ0v) is 20.5.